The molecule has 0 atom stereocenters. The Morgan fingerprint density at radius 2 is 2.27 bits per heavy atom. The van der Waals surface area contributed by atoms with Crippen molar-refractivity contribution in [2.75, 3.05) is 13.7 Å². The van der Waals surface area contributed by atoms with Crippen molar-refractivity contribution in [2.45, 2.75) is 20.0 Å². The summed E-state index contributed by atoms with van der Waals surface area (Å²) in [5.41, 5.74) is 3.74. The molecule has 0 amide bonds. The molecule has 0 fully saturated rings. The molecule has 1 aliphatic rings. The summed E-state index contributed by atoms with van der Waals surface area (Å²) in [6, 6.07) is 6.41. The highest BCUT2D eigenvalue weighted by molar-refractivity contribution is 5.45. The lowest BCUT2D eigenvalue weighted by molar-refractivity contribution is 0.316. The summed E-state index contributed by atoms with van der Waals surface area (Å²) in [5.74, 6) is 0.949. The van der Waals surface area contributed by atoms with Gasteiger partial charge in [0.2, 0.25) is 0 Å². The third kappa shape index (κ3) is 1.81. The van der Waals surface area contributed by atoms with Gasteiger partial charge in [0.1, 0.15) is 5.75 Å². The fraction of sp³-hybridized carbons (Fsp3) is 0.417. The van der Waals surface area contributed by atoms with Gasteiger partial charge in [0.15, 0.2) is 0 Å². The Kier molecular flexibility index (Phi) is 2.61. The smallest absolute Gasteiger partial charge is 0.123 e. The van der Waals surface area contributed by atoms with Crippen molar-refractivity contribution in [3.8, 4) is 11.8 Å². The summed E-state index contributed by atoms with van der Waals surface area (Å²) < 4.78 is 5.35. The van der Waals surface area contributed by atoms with Crippen LogP contribution in [0.15, 0.2) is 12.1 Å². The lowest BCUT2D eigenvalue weighted by Crippen LogP contribution is -2.16. The van der Waals surface area contributed by atoms with Gasteiger partial charge >= 0.3 is 0 Å². The number of aryl methyl sites for hydroxylation is 1. The molecule has 1 aromatic carbocycles. The number of nitrogens with zero attached hydrogens (tertiary/aromatic N) is 2. The Balaban J connectivity index is 2.33. The molecule has 1 aliphatic heterocycles. The average Bonchev–Trinajstić information content (AvgIpc) is 2.59. The Bertz CT molecular complexity index is 420. The van der Waals surface area contributed by atoms with E-state index in [4.69, 9.17) is 10.00 Å². The van der Waals surface area contributed by atoms with Crippen LogP contribution in [0.25, 0.3) is 0 Å². The van der Waals surface area contributed by atoms with Gasteiger partial charge in [-0.15, -0.1) is 0 Å². The molecule has 0 aromatic heterocycles. The van der Waals surface area contributed by atoms with E-state index in [1.54, 1.807) is 7.11 Å². The molecular formula is C12H14N2O. The molecule has 3 nitrogen and oxygen atoms in total. The second-order valence-corrected chi connectivity index (χ2v) is 3.91. The second kappa shape index (κ2) is 3.92. The Morgan fingerprint density at radius 1 is 1.47 bits per heavy atom. The highest BCUT2D eigenvalue weighted by Gasteiger charge is 2.22. The molecule has 3 heteroatoms. The molecular weight excluding hydrogens is 188 g/mol. The van der Waals surface area contributed by atoms with E-state index in [0.717, 1.165) is 18.8 Å². The van der Waals surface area contributed by atoms with Gasteiger partial charge in [-0.05, 0) is 24.1 Å². The molecule has 0 radical (unpaired) electrons. The zero-order valence-corrected chi connectivity index (χ0v) is 9.08. The standard InChI is InChI=1S/C12H14N2O/c1-9-5-10-7-14(4-3-13)8-11(10)12(6-9)15-2/h5-6H,4,7-8H2,1-2H3. The first kappa shape index (κ1) is 10.0. The first-order chi connectivity index (χ1) is 7.24. The molecule has 0 bridgehead atoms. The quantitative estimate of drug-likeness (QED) is 0.686. The van der Waals surface area contributed by atoms with Gasteiger partial charge in [-0.3, -0.25) is 4.90 Å². The molecule has 0 saturated carbocycles. The highest BCUT2D eigenvalue weighted by atomic mass is 16.5. The predicted octanol–water partition coefficient (Wildman–Crippen LogP) is 1.84. The monoisotopic (exact) mass is 202 g/mol. The molecule has 1 heterocycles. The third-order valence-electron chi connectivity index (χ3n) is 2.74. The number of hydrogen-bond donors (Lipinski definition) is 0. The van der Waals surface area contributed by atoms with Crippen molar-refractivity contribution in [1.29, 1.82) is 5.26 Å². The molecule has 78 valence electrons. The summed E-state index contributed by atoms with van der Waals surface area (Å²) in [7, 11) is 1.70. The lowest BCUT2D eigenvalue weighted by Gasteiger charge is -2.09. The topological polar surface area (TPSA) is 36.3 Å². The van der Waals surface area contributed by atoms with E-state index in [9.17, 15) is 0 Å². The minimum absolute atomic E-state index is 0.483. The van der Waals surface area contributed by atoms with Crippen LogP contribution in [0.2, 0.25) is 0 Å². The predicted molar refractivity (Wildman–Crippen MR) is 57.5 cm³/mol. The maximum Gasteiger partial charge on any atom is 0.123 e. The van der Waals surface area contributed by atoms with Gasteiger partial charge in [0.25, 0.3) is 0 Å². The Morgan fingerprint density at radius 3 is 2.93 bits per heavy atom. The summed E-state index contributed by atoms with van der Waals surface area (Å²) in [6.45, 7) is 4.24. The summed E-state index contributed by atoms with van der Waals surface area (Å²) >= 11 is 0. The van der Waals surface area contributed by atoms with E-state index in [0.29, 0.717) is 6.54 Å². The van der Waals surface area contributed by atoms with Crippen LogP contribution in [0.4, 0.5) is 0 Å². The van der Waals surface area contributed by atoms with Gasteiger partial charge in [-0.2, -0.15) is 5.26 Å². The van der Waals surface area contributed by atoms with E-state index in [2.05, 4.69) is 30.0 Å². The first-order valence-corrected chi connectivity index (χ1v) is 5.00. The van der Waals surface area contributed by atoms with Crippen LogP contribution in [0.1, 0.15) is 16.7 Å². The Labute approximate surface area is 89.9 Å². The SMILES string of the molecule is COc1cc(C)cc2c1CN(CC#N)C2. The highest BCUT2D eigenvalue weighted by Crippen LogP contribution is 2.31. The van der Waals surface area contributed by atoms with Crippen LogP contribution >= 0.6 is 0 Å². The minimum Gasteiger partial charge on any atom is -0.496 e. The van der Waals surface area contributed by atoms with E-state index in [1.165, 1.54) is 16.7 Å². The second-order valence-electron chi connectivity index (χ2n) is 3.91. The van der Waals surface area contributed by atoms with Crippen LogP contribution < -0.4 is 4.74 Å². The number of hydrogen-bond acceptors (Lipinski definition) is 3. The molecule has 15 heavy (non-hydrogen) atoms. The van der Waals surface area contributed by atoms with Gasteiger partial charge in [-0.1, -0.05) is 6.07 Å². The summed E-state index contributed by atoms with van der Waals surface area (Å²) in [4.78, 5) is 2.12. The molecule has 0 N–H and O–H groups in total. The molecule has 0 saturated heterocycles. The lowest BCUT2D eigenvalue weighted by atomic mass is 10.1. The fourth-order valence-electron chi connectivity index (χ4n) is 2.09. The molecule has 2 rings (SSSR count). The number of methoxy groups -OCH3 is 1. The third-order valence-corrected chi connectivity index (χ3v) is 2.74. The maximum absolute atomic E-state index is 8.66. The van der Waals surface area contributed by atoms with E-state index in [-0.39, 0.29) is 0 Å². The Hall–Kier alpha value is -1.53. The van der Waals surface area contributed by atoms with Gasteiger partial charge in [0.05, 0.1) is 19.7 Å². The van der Waals surface area contributed by atoms with Crippen LogP contribution in [0.5, 0.6) is 5.75 Å². The van der Waals surface area contributed by atoms with Crippen molar-refractivity contribution >= 4 is 0 Å². The molecule has 0 aliphatic carbocycles. The van der Waals surface area contributed by atoms with Crippen LogP contribution in [0, 0.1) is 18.3 Å². The van der Waals surface area contributed by atoms with Crippen LogP contribution in [-0.2, 0) is 13.1 Å². The van der Waals surface area contributed by atoms with Crippen molar-refractivity contribution < 1.29 is 4.74 Å². The number of rotatable bonds is 2. The average molecular weight is 202 g/mol. The van der Waals surface area contributed by atoms with Crippen molar-refractivity contribution in [3.05, 3.63) is 28.8 Å². The fourth-order valence-corrected chi connectivity index (χ4v) is 2.09. The van der Waals surface area contributed by atoms with Crippen LogP contribution in [0.3, 0.4) is 0 Å². The molecule has 1 aromatic rings. The normalized spacial score (nSPS) is 14.7. The van der Waals surface area contributed by atoms with Crippen molar-refractivity contribution in [1.82, 2.24) is 4.90 Å². The maximum atomic E-state index is 8.66. The van der Waals surface area contributed by atoms with Gasteiger partial charge < -0.3 is 4.74 Å². The number of nitriles is 1. The van der Waals surface area contributed by atoms with Gasteiger partial charge in [0, 0.05) is 18.7 Å². The van der Waals surface area contributed by atoms with E-state index < -0.39 is 0 Å². The molecule has 0 unspecified atom stereocenters. The zero-order valence-electron chi connectivity index (χ0n) is 9.08. The van der Waals surface area contributed by atoms with Gasteiger partial charge in [-0.25, -0.2) is 0 Å². The number of benzene rings is 1. The first-order valence-electron chi connectivity index (χ1n) is 5.00. The van der Waals surface area contributed by atoms with E-state index in [1.807, 2.05) is 0 Å². The van der Waals surface area contributed by atoms with Crippen molar-refractivity contribution in [2.24, 2.45) is 0 Å². The van der Waals surface area contributed by atoms with Crippen LogP contribution in [-0.4, -0.2) is 18.6 Å². The largest absolute Gasteiger partial charge is 0.496 e. The number of fused-ring (bicyclic) bond motifs is 1. The summed E-state index contributed by atoms with van der Waals surface area (Å²) in [6.07, 6.45) is 0. The zero-order chi connectivity index (χ0) is 10.8. The van der Waals surface area contributed by atoms with Crippen molar-refractivity contribution in [3.63, 3.8) is 0 Å². The molecule has 0 spiro atoms. The minimum atomic E-state index is 0.483. The number of ether oxygens (including phenoxy) is 1. The van der Waals surface area contributed by atoms with E-state index >= 15 is 0 Å². The summed E-state index contributed by atoms with van der Waals surface area (Å²) in [5, 5.41) is 8.66.